The number of ketones is 1. The summed E-state index contributed by atoms with van der Waals surface area (Å²) in [5, 5.41) is 13.0. The van der Waals surface area contributed by atoms with Gasteiger partial charge in [-0.1, -0.05) is 6.92 Å². The fourth-order valence-electron chi connectivity index (χ4n) is 3.70. The zero-order valence-corrected chi connectivity index (χ0v) is 20.3. The van der Waals surface area contributed by atoms with E-state index < -0.39 is 16.1 Å². The first kappa shape index (κ1) is 25.8. The molecule has 1 aliphatic rings. The van der Waals surface area contributed by atoms with Crippen molar-refractivity contribution in [3.63, 3.8) is 0 Å². The number of anilines is 1. The largest absolute Gasteiger partial charge is 0.491 e. The minimum atomic E-state index is -3.63. The second-order valence-electron chi connectivity index (χ2n) is 8.18. The molecule has 9 nitrogen and oxygen atoms in total. The molecule has 1 saturated heterocycles. The number of ether oxygens (including phenoxy) is 1. The number of nitrogens with zero attached hydrogens (tertiary/aromatic N) is 2. The third-order valence-electron chi connectivity index (χ3n) is 5.55. The van der Waals surface area contributed by atoms with E-state index in [1.165, 1.54) is 23.4 Å². The Morgan fingerprint density at radius 1 is 1.03 bits per heavy atom. The average Bonchev–Trinajstić information content (AvgIpc) is 2.83. The Morgan fingerprint density at radius 3 is 2.21 bits per heavy atom. The van der Waals surface area contributed by atoms with Gasteiger partial charge < -0.3 is 15.2 Å². The minimum Gasteiger partial charge on any atom is -0.491 e. The van der Waals surface area contributed by atoms with Crippen molar-refractivity contribution < 1.29 is 27.9 Å². The van der Waals surface area contributed by atoms with Gasteiger partial charge in [-0.15, -0.1) is 0 Å². The molecular formula is C24H31N3O6S. The molecule has 34 heavy (non-hydrogen) atoms. The van der Waals surface area contributed by atoms with E-state index in [9.17, 15) is 23.1 Å². The van der Waals surface area contributed by atoms with Crippen molar-refractivity contribution in [2.24, 2.45) is 0 Å². The summed E-state index contributed by atoms with van der Waals surface area (Å²) < 4.78 is 32.9. The number of aliphatic hydroxyl groups excluding tert-OH is 1. The quantitative estimate of drug-likeness (QED) is 0.490. The maximum Gasteiger partial charge on any atom is 0.243 e. The van der Waals surface area contributed by atoms with Gasteiger partial charge in [0.2, 0.25) is 15.9 Å². The van der Waals surface area contributed by atoms with E-state index >= 15 is 0 Å². The molecule has 10 heteroatoms. The van der Waals surface area contributed by atoms with Crippen molar-refractivity contribution in [2.45, 2.75) is 31.3 Å². The van der Waals surface area contributed by atoms with E-state index in [1.807, 2.05) is 11.8 Å². The minimum absolute atomic E-state index is 0.0646. The van der Waals surface area contributed by atoms with Crippen LogP contribution >= 0.6 is 0 Å². The average molecular weight is 490 g/mol. The highest BCUT2D eigenvalue weighted by atomic mass is 32.2. The summed E-state index contributed by atoms with van der Waals surface area (Å²) in [5.41, 5.74) is 1.17. The molecule has 2 N–H and O–H groups in total. The molecule has 0 radical (unpaired) electrons. The number of carbonyl (C=O) groups excluding carboxylic acids is 2. The van der Waals surface area contributed by atoms with E-state index in [-0.39, 0.29) is 23.2 Å². The van der Waals surface area contributed by atoms with Gasteiger partial charge >= 0.3 is 0 Å². The molecule has 184 valence electrons. The number of nitrogens with one attached hydrogen (secondary N) is 1. The van der Waals surface area contributed by atoms with Gasteiger partial charge in [0.05, 0.1) is 4.90 Å². The molecule has 1 aliphatic heterocycles. The summed E-state index contributed by atoms with van der Waals surface area (Å²) in [6.45, 7) is 5.28. The first-order valence-electron chi connectivity index (χ1n) is 11.2. The number of sulfonamides is 1. The topological polar surface area (TPSA) is 116 Å². The van der Waals surface area contributed by atoms with Gasteiger partial charge in [-0.2, -0.15) is 4.31 Å². The SMILES string of the molecule is CCC(=O)c1ccc(OCC(O)CN2CCN(S(=O)(=O)c3ccc(NC(C)=O)cc3)CC2)cc1. The van der Waals surface area contributed by atoms with Gasteiger partial charge in [-0.25, -0.2) is 8.42 Å². The number of aliphatic hydroxyl groups is 1. The Kier molecular flexibility index (Phi) is 8.78. The van der Waals surface area contributed by atoms with Crippen LogP contribution in [0, 0.1) is 0 Å². The molecule has 1 atom stereocenters. The molecule has 0 saturated carbocycles. The molecule has 2 aromatic carbocycles. The number of benzene rings is 2. The van der Waals surface area contributed by atoms with Crippen LogP contribution in [0.3, 0.4) is 0 Å². The second kappa shape index (κ2) is 11.6. The number of Topliss-reactive ketones (excluding diaryl/α,β-unsaturated/α-hetero) is 1. The highest BCUT2D eigenvalue weighted by Crippen LogP contribution is 2.20. The van der Waals surface area contributed by atoms with Crippen LogP contribution in [0.4, 0.5) is 5.69 Å². The monoisotopic (exact) mass is 489 g/mol. The van der Waals surface area contributed by atoms with E-state index in [0.717, 1.165) is 0 Å². The number of β-amino-alcohol motifs (C(OH)–C–C–N with tert-alkyl or cyclic N) is 1. The third kappa shape index (κ3) is 6.86. The summed E-state index contributed by atoms with van der Waals surface area (Å²) in [6, 6.07) is 12.9. The lowest BCUT2D eigenvalue weighted by Crippen LogP contribution is -2.50. The molecule has 2 aromatic rings. The molecule has 0 aliphatic carbocycles. The highest BCUT2D eigenvalue weighted by molar-refractivity contribution is 7.89. The predicted molar refractivity (Wildman–Crippen MR) is 129 cm³/mol. The van der Waals surface area contributed by atoms with Gasteiger partial charge in [0.25, 0.3) is 0 Å². The van der Waals surface area contributed by atoms with Crippen LogP contribution in [0.2, 0.25) is 0 Å². The molecule has 0 bridgehead atoms. The van der Waals surface area contributed by atoms with Crippen molar-refractivity contribution in [2.75, 3.05) is 44.6 Å². The molecule has 1 fully saturated rings. The molecule has 3 rings (SSSR count). The number of hydrogen-bond acceptors (Lipinski definition) is 7. The smallest absolute Gasteiger partial charge is 0.243 e. The van der Waals surface area contributed by atoms with E-state index in [4.69, 9.17) is 4.74 Å². The van der Waals surface area contributed by atoms with Crippen LogP contribution in [0.5, 0.6) is 5.75 Å². The summed E-state index contributed by atoms with van der Waals surface area (Å²) >= 11 is 0. The Labute approximate surface area is 200 Å². The van der Waals surface area contributed by atoms with Crippen LogP contribution in [-0.4, -0.2) is 79.9 Å². The van der Waals surface area contributed by atoms with Gasteiger partial charge in [-0.3, -0.25) is 14.5 Å². The molecule has 1 unspecified atom stereocenters. The fourth-order valence-corrected chi connectivity index (χ4v) is 5.12. The van der Waals surface area contributed by atoms with Gasteiger partial charge in [-0.05, 0) is 48.5 Å². The van der Waals surface area contributed by atoms with Gasteiger partial charge in [0, 0.05) is 57.3 Å². The van der Waals surface area contributed by atoms with E-state index in [2.05, 4.69) is 5.32 Å². The maximum atomic E-state index is 12.9. The van der Waals surface area contributed by atoms with Crippen LogP contribution in [-0.2, 0) is 14.8 Å². The normalized spacial score (nSPS) is 16.1. The van der Waals surface area contributed by atoms with E-state index in [1.54, 1.807) is 36.4 Å². The van der Waals surface area contributed by atoms with Crippen molar-refractivity contribution in [3.8, 4) is 5.75 Å². The molecule has 1 amide bonds. The van der Waals surface area contributed by atoms with Gasteiger partial charge in [0.1, 0.15) is 18.5 Å². The standard InChI is InChI=1S/C24H31N3O6S/c1-3-24(30)19-4-8-22(9-5-19)33-17-21(29)16-26-12-14-27(15-13-26)34(31,32)23-10-6-20(7-11-23)25-18(2)28/h4-11,21,29H,3,12-17H2,1-2H3,(H,25,28). The van der Waals surface area contributed by atoms with E-state index in [0.29, 0.717) is 56.1 Å². The Morgan fingerprint density at radius 2 is 1.65 bits per heavy atom. The fraction of sp³-hybridized carbons (Fsp3) is 0.417. The molecular weight excluding hydrogens is 458 g/mol. The Bertz CT molecular complexity index is 1080. The number of rotatable bonds is 10. The number of carbonyl (C=O) groups is 2. The summed E-state index contributed by atoms with van der Waals surface area (Å²) in [7, 11) is -3.63. The number of hydrogen-bond donors (Lipinski definition) is 2. The number of piperazine rings is 1. The predicted octanol–water partition coefficient (Wildman–Crippen LogP) is 1.98. The van der Waals surface area contributed by atoms with Crippen molar-refractivity contribution >= 4 is 27.4 Å². The first-order valence-corrected chi connectivity index (χ1v) is 12.7. The zero-order chi connectivity index (χ0) is 24.7. The van der Waals surface area contributed by atoms with Gasteiger partial charge in [0.15, 0.2) is 5.78 Å². The Hall–Kier alpha value is -2.79. The second-order valence-corrected chi connectivity index (χ2v) is 10.1. The maximum absolute atomic E-state index is 12.9. The van der Waals surface area contributed by atoms with Crippen molar-refractivity contribution in [3.05, 3.63) is 54.1 Å². The lowest BCUT2D eigenvalue weighted by Gasteiger charge is -2.34. The lowest BCUT2D eigenvalue weighted by atomic mass is 10.1. The third-order valence-corrected chi connectivity index (χ3v) is 7.47. The van der Waals surface area contributed by atoms with Crippen molar-refractivity contribution in [1.29, 1.82) is 0 Å². The van der Waals surface area contributed by atoms with Crippen LogP contribution in [0.15, 0.2) is 53.4 Å². The zero-order valence-electron chi connectivity index (χ0n) is 19.4. The van der Waals surface area contributed by atoms with Crippen molar-refractivity contribution in [1.82, 2.24) is 9.21 Å². The summed E-state index contributed by atoms with van der Waals surface area (Å²) in [5.74, 6) is 0.419. The van der Waals surface area contributed by atoms with Crippen LogP contribution in [0.1, 0.15) is 30.6 Å². The molecule has 1 heterocycles. The first-order chi connectivity index (χ1) is 16.2. The Balaban J connectivity index is 1.45. The van der Waals surface area contributed by atoms with Crippen LogP contribution in [0.25, 0.3) is 0 Å². The molecule has 0 spiro atoms. The highest BCUT2D eigenvalue weighted by Gasteiger charge is 2.29. The summed E-state index contributed by atoms with van der Waals surface area (Å²) in [6.07, 6.45) is -0.292. The number of amides is 1. The van der Waals surface area contributed by atoms with Crippen LogP contribution < -0.4 is 10.1 Å². The summed E-state index contributed by atoms with van der Waals surface area (Å²) in [4.78, 5) is 25.0. The molecule has 0 aromatic heterocycles. The lowest BCUT2D eigenvalue weighted by molar-refractivity contribution is -0.114.